The molecule has 4 heteroatoms. The third kappa shape index (κ3) is 4.22. The van der Waals surface area contributed by atoms with E-state index in [0.29, 0.717) is 0 Å². The van der Waals surface area contributed by atoms with Crippen LogP contribution in [-0.4, -0.2) is 13.6 Å². The van der Waals surface area contributed by atoms with Gasteiger partial charge in [-0.05, 0) is 42.7 Å². The Balaban J connectivity index is 2.01. The number of benzene rings is 2. The van der Waals surface area contributed by atoms with Crippen molar-refractivity contribution in [2.24, 2.45) is 5.73 Å². The van der Waals surface area contributed by atoms with E-state index in [0.717, 1.165) is 28.0 Å². The molecular formula is C17H20BrClN2. The fourth-order valence-corrected chi connectivity index (χ4v) is 3.22. The molecule has 0 saturated carbocycles. The van der Waals surface area contributed by atoms with Gasteiger partial charge >= 0.3 is 0 Å². The van der Waals surface area contributed by atoms with Crippen LogP contribution in [0.5, 0.6) is 0 Å². The summed E-state index contributed by atoms with van der Waals surface area (Å²) in [5, 5.41) is 0.718. The Labute approximate surface area is 140 Å². The molecule has 0 aliphatic carbocycles. The molecule has 0 fully saturated rings. The maximum Gasteiger partial charge on any atom is 0.0464 e. The molecule has 112 valence electrons. The van der Waals surface area contributed by atoms with Crippen LogP contribution in [0.4, 0.5) is 5.69 Å². The zero-order valence-corrected chi connectivity index (χ0v) is 14.7. The van der Waals surface area contributed by atoms with E-state index in [2.05, 4.69) is 59.1 Å². The van der Waals surface area contributed by atoms with Crippen molar-refractivity contribution in [3.63, 3.8) is 0 Å². The van der Waals surface area contributed by atoms with Gasteiger partial charge in [0.2, 0.25) is 0 Å². The Morgan fingerprint density at radius 2 is 1.95 bits per heavy atom. The molecule has 1 unspecified atom stereocenters. The fourth-order valence-electron chi connectivity index (χ4n) is 2.40. The highest BCUT2D eigenvalue weighted by atomic mass is 79.9. The Kier molecular flexibility index (Phi) is 5.68. The van der Waals surface area contributed by atoms with Gasteiger partial charge < -0.3 is 10.6 Å². The van der Waals surface area contributed by atoms with Crippen molar-refractivity contribution in [2.75, 3.05) is 18.5 Å². The van der Waals surface area contributed by atoms with Crippen LogP contribution in [0.25, 0.3) is 0 Å². The SMILES string of the molecule is Cc1ccccc1N(C)CCC(N)c1ccc(Br)cc1Cl. The fraction of sp³-hybridized carbons (Fsp3) is 0.294. The number of nitrogens with two attached hydrogens (primary N) is 1. The molecule has 0 heterocycles. The van der Waals surface area contributed by atoms with Crippen LogP contribution >= 0.6 is 27.5 Å². The third-order valence-electron chi connectivity index (χ3n) is 3.66. The molecule has 21 heavy (non-hydrogen) atoms. The minimum absolute atomic E-state index is 0.0583. The zero-order valence-electron chi connectivity index (χ0n) is 12.3. The van der Waals surface area contributed by atoms with Crippen LogP contribution in [0.1, 0.15) is 23.6 Å². The number of hydrogen-bond donors (Lipinski definition) is 1. The molecule has 2 aromatic rings. The number of aryl methyl sites for hydroxylation is 1. The first-order valence-electron chi connectivity index (χ1n) is 6.96. The Morgan fingerprint density at radius 3 is 2.62 bits per heavy atom. The van der Waals surface area contributed by atoms with Crippen molar-refractivity contribution in [1.29, 1.82) is 0 Å². The van der Waals surface area contributed by atoms with Gasteiger partial charge in [0.25, 0.3) is 0 Å². The molecule has 0 amide bonds. The summed E-state index contributed by atoms with van der Waals surface area (Å²) >= 11 is 9.67. The van der Waals surface area contributed by atoms with Gasteiger partial charge in [0.15, 0.2) is 0 Å². The number of rotatable bonds is 5. The summed E-state index contributed by atoms with van der Waals surface area (Å²) in [4.78, 5) is 2.24. The maximum atomic E-state index is 6.28. The van der Waals surface area contributed by atoms with Crippen LogP contribution in [0.15, 0.2) is 46.9 Å². The summed E-state index contributed by atoms with van der Waals surface area (Å²) in [5.41, 5.74) is 9.80. The quantitative estimate of drug-likeness (QED) is 0.811. The molecule has 2 rings (SSSR count). The monoisotopic (exact) mass is 366 g/mol. The second kappa shape index (κ2) is 7.30. The highest BCUT2D eigenvalue weighted by Gasteiger charge is 2.12. The van der Waals surface area contributed by atoms with Gasteiger partial charge in [0.05, 0.1) is 0 Å². The molecule has 0 aliphatic rings. The lowest BCUT2D eigenvalue weighted by Gasteiger charge is -2.23. The molecule has 0 saturated heterocycles. The number of para-hydroxylation sites is 1. The molecule has 0 bridgehead atoms. The number of nitrogens with zero attached hydrogens (tertiary/aromatic N) is 1. The van der Waals surface area contributed by atoms with E-state index in [1.54, 1.807) is 0 Å². The molecule has 1 atom stereocenters. The van der Waals surface area contributed by atoms with E-state index in [4.69, 9.17) is 17.3 Å². The summed E-state index contributed by atoms with van der Waals surface area (Å²) in [6.07, 6.45) is 0.853. The normalized spacial score (nSPS) is 12.2. The molecule has 2 nitrogen and oxygen atoms in total. The number of hydrogen-bond acceptors (Lipinski definition) is 2. The van der Waals surface area contributed by atoms with Crippen molar-refractivity contribution in [3.05, 3.63) is 63.1 Å². The van der Waals surface area contributed by atoms with Crippen LogP contribution < -0.4 is 10.6 Å². The second-order valence-electron chi connectivity index (χ2n) is 5.27. The van der Waals surface area contributed by atoms with Crippen molar-refractivity contribution in [2.45, 2.75) is 19.4 Å². The Bertz CT molecular complexity index is 615. The summed E-state index contributed by atoms with van der Waals surface area (Å²) in [6, 6.07) is 14.2. The van der Waals surface area contributed by atoms with E-state index in [9.17, 15) is 0 Å². The molecular weight excluding hydrogens is 348 g/mol. The lowest BCUT2D eigenvalue weighted by Crippen LogP contribution is -2.24. The first-order chi connectivity index (χ1) is 9.99. The van der Waals surface area contributed by atoms with Gasteiger partial charge in [-0.25, -0.2) is 0 Å². The summed E-state index contributed by atoms with van der Waals surface area (Å²) in [6.45, 7) is 3.01. The van der Waals surface area contributed by atoms with Crippen molar-refractivity contribution >= 4 is 33.2 Å². The topological polar surface area (TPSA) is 29.3 Å². The van der Waals surface area contributed by atoms with Crippen LogP contribution in [0.2, 0.25) is 5.02 Å². The summed E-state index contributed by atoms with van der Waals surface area (Å²) in [5.74, 6) is 0. The highest BCUT2D eigenvalue weighted by molar-refractivity contribution is 9.10. The van der Waals surface area contributed by atoms with E-state index in [-0.39, 0.29) is 6.04 Å². The van der Waals surface area contributed by atoms with Crippen LogP contribution in [-0.2, 0) is 0 Å². The molecule has 0 aliphatic heterocycles. The predicted octanol–water partition coefficient (Wildman–Crippen LogP) is 4.94. The molecule has 2 N–H and O–H groups in total. The minimum Gasteiger partial charge on any atom is -0.374 e. The predicted molar refractivity (Wildman–Crippen MR) is 95.1 cm³/mol. The first kappa shape index (κ1) is 16.3. The lowest BCUT2D eigenvalue weighted by atomic mass is 10.0. The average molecular weight is 368 g/mol. The molecule has 2 aromatic carbocycles. The Morgan fingerprint density at radius 1 is 1.24 bits per heavy atom. The zero-order chi connectivity index (χ0) is 15.4. The van der Waals surface area contributed by atoms with E-state index < -0.39 is 0 Å². The van der Waals surface area contributed by atoms with Crippen LogP contribution in [0, 0.1) is 6.92 Å². The lowest BCUT2D eigenvalue weighted by molar-refractivity contribution is 0.645. The molecule has 0 radical (unpaired) electrons. The largest absolute Gasteiger partial charge is 0.374 e. The number of anilines is 1. The number of halogens is 2. The summed E-state index contributed by atoms with van der Waals surface area (Å²) in [7, 11) is 2.10. The maximum absolute atomic E-state index is 6.28. The molecule has 0 aromatic heterocycles. The smallest absolute Gasteiger partial charge is 0.0464 e. The van der Waals surface area contributed by atoms with Gasteiger partial charge in [-0.3, -0.25) is 0 Å². The van der Waals surface area contributed by atoms with Crippen molar-refractivity contribution in [1.82, 2.24) is 0 Å². The van der Waals surface area contributed by atoms with Gasteiger partial charge in [-0.1, -0.05) is 51.8 Å². The first-order valence-corrected chi connectivity index (χ1v) is 8.13. The highest BCUT2D eigenvalue weighted by Crippen LogP contribution is 2.27. The van der Waals surface area contributed by atoms with Crippen molar-refractivity contribution in [3.8, 4) is 0 Å². The van der Waals surface area contributed by atoms with E-state index >= 15 is 0 Å². The third-order valence-corrected chi connectivity index (χ3v) is 4.48. The average Bonchev–Trinajstić information content (AvgIpc) is 2.45. The summed E-state index contributed by atoms with van der Waals surface area (Å²) < 4.78 is 0.973. The van der Waals surface area contributed by atoms with Gasteiger partial charge in [0, 0.05) is 34.8 Å². The van der Waals surface area contributed by atoms with Gasteiger partial charge in [0.1, 0.15) is 0 Å². The van der Waals surface area contributed by atoms with Gasteiger partial charge in [-0.15, -0.1) is 0 Å². The Hall–Kier alpha value is -1.03. The minimum atomic E-state index is -0.0583. The van der Waals surface area contributed by atoms with E-state index in [1.165, 1.54) is 11.3 Å². The van der Waals surface area contributed by atoms with E-state index in [1.807, 2.05) is 18.2 Å². The molecule has 0 spiro atoms. The van der Waals surface area contributed by atoms with Crippen molar-refractivity contribution < 1.29 is 0 Å². The van der Waals surface area contributed by atoms with Crippen LogP contribution in [0.3, 0.4) is 0 Å². The van der Waals surface area contributed by atoms with Gasteiger partial charge in [-0.2, -0.15) is 0 Å². The second-order valence-corrected chi connectivity index (χ2v) is 6.59. The standard InChI is InChI=1S/C17H20BrClN2/c1-12-5-3-4-6-17(12)21(2)10-9-16(20)14-8-7-13(18)11-15(14)19/h3-8,11,16H,9-10,20H2,1-2H3.